The molecule has 0 saturated carbocycles. The topological polar surface area (TPSA) is 41.6 Å². The van der Waals surface area contributed by atoms with Crippen LogP contribution >= 0.6 is 12.2 Å². The lowest BCUT2D eigenvalue weighted by molar-refractivity contribution is 1.05. The second-order valence-electron chi connectivity index (χ2n) is 4.14. The van der Waals surface area contributed by atoms with Crippen LogP contribution in [0.5, 0.6) is 0 Å². The highest BCUT2D eigenvalue weighted by atomic mass is 32.1. The molecule has 2 heterocycles. The molecule has 0 bridgehead atoms. The van der Waals surface area contributed by atoms with Gasteiger partial charge in [0.05, 0.1) is 11.2 Å². The number of hydrogen-bond donors (Lipinski definition) is 1. The number of nitrogens with zero attached hydrogens (tertiary/aromatic N) is 2. The van der Waals surface area contributed by atoms with Gasteiger partial charge in [0.2, 0.25) is 0 Å². The number of H-pyrrole nitrogens is 1. The SMILES string of the molecule is Cc1nc(=S)cc(-c2cnc3ccccc3c2)[nH]1. The predicted octanol–water partition coefficient (Wildman–Crippen LogP) is 3.66. The summed E-state index contributed by atoms with van der Waals surface area (Å²) in [6.07, 6.45) is 1.85. The summed E-state index contributed by atoms with van der Waals surface area (Å²) < 4.78 is 0.592. The second kappa shape index (κ2) is 4.31. The van der Waals surface area contributed by atoms with Crippen molar-refractivity contribution in [2.24, 2.45) is 0 Å². The Morgan fingerprint density at radius 1 is 1.17 bits per heavy atom. The second-order valence-corrected chi connectivity index (χ2v) is 4.55. The summed E-state index contributed by atoms with van der Waals surface area (Å²) in [6, 6.07) is 12.0. The van der Waals surface area contributed by atoms with Gasteiger partial charge in [0.25, 0.3) is 0 Å². The van der Waals surface area contributed by atoms with Crippen LogP contribution in [0.1, 0.15) is 5.82 Å². The van der Waals surface area contributed by atoms with E-state index in [1.54, 1.807) is 0 Å². The van der Waals surface area contributed by atoms with Crippen LogP contribution in [0.4, 0.5) is 0 Å². The van der Waals surface area contributed by atoms with Crippen molar-refractivity contribution >= 4 is 23.1 Å². The summed E-state index contributed by atoms with van der Waals surface area (Å²) in [6.45, 7) is 1.90. The van der Waals surface area contributed by atoms with Crippen molar-refractivity contribution in [3.8, 4) is 11.3 Å². The van der Waals surface area contributed by atoms with E-state index >= 15 is 0 Å². The zero-order valence-electron chi connectivity index (χ0n) is 9.84. The van der Waals surface area contributed by atoms with Crippen molar-refractivity contribution in [3.05, 3.63) is 53.1 Å². The fraction of sp³-hybridized carbons (Fsp3) is 0.0714. The van der Waals surface area contributed by atoms with Gasteiger partial charge in [0.1, 0.15) is 10.5 Å². The molecule has 0 spiro atoms. The van der Waals surface area contributed by atoms with E-state index in [1.807, 2.05) is 37.4 Å². The number of hydrogen-bond acceptors (Lipinski definition) is 3. The van der Waals surface area contributed by atoms with Gasteiger partial charge in [-0.05, 0) is 25.1 Å². The molecule has 88 valence electrons. The molecule has 0 atom stereocenters. The van der Waals surface area contributed by atoms with Gasteiger partial charge in [0, 0.05) is 17.1 Å². The van der Waals surface area contributed by atoms with Gasteiger partial charge < -0.3 is 4.98 Å². The molecular weight excluding hydrogens is 242 g/mol. The average Bonchev–Trinajstić information content (AvgIpc) is 2.37. The molecule has 1 N–H and O–H groups in total. The molecule has 0 aliphatic heterocycles. The van der Waals surface area contributed by atoms with Crippen molar-refractivity contribution in [2.75, 3.05) is 0 Å². The van der Waals surface area contributed by atoms with Crippen LogP contribution in [-0.4, -0.2) is 15.0 Å². The minimum absolute atomic E-state index is 0.592. The molecule has 3 aromatic rings. The van der Waals surface area contributed by atoms with Gasteiger partial charge in [-0.3, -0.25) is 4.98 Å². The third-order valence-corrected chi connectivity index (χ3v) is 2.97. The Hall–Kier alpha value is -2.07. The standard InChI is InChI=1S/C14H11N3S/c1-9-16-13(7-14(18)17-9)11-6-10-4-2-3-5-12(10)15-8-11/h2-8H,1H3,(H,16,17,18). The predicted molar refractivity (Wildman–Crippen MR) is 74.9 cm³/mol. The number of benzene rings is 1. The first-order valence-electron chi connectivity index (χ1n) is 5.65. The Labute approximate surface area is 110 Å². The first kappa shape index (κ1) is 11.0. The summed E-state index contributed by atoms with van der Waals surface area (Å²) in [4.78, 5) is 11.8. The lowest BCUT2D eigenvalue weighted by Crippen LogP contribution is -1.92. The van der Waals surface area contributed by atoms with Gasteiger partial charge in [-0.1, -0.05) is 30.4 Å². The van der Waals surface area contributed by atoms with Crippen molar-refractivity contribution in [1.82, 2.24) is 15.0 Å². The van der Waals surface area contributed by atoms with Crippen LogP contribution in [0.25, 0.3) is 22.2 Å². The van der Waals surface area contributed by atoms with E-state index in [-0.39, 0.29) is 0 Å². The summed E-state index contributed by atoms with van der Waals surface area (Å²) in [5.74, 6) is 0.811. The maximum Gasteiger partial charge on any atom is 0.130 e. The molecule has 0 fully saturated rings. The minimum Gasteiger partial charge on any atom is -0.343 e. The van der Waals surface area contributed by atoms with Crippen molar-refractivity contribution in [2.45, 2.75) is 6.92 Å². The maximum absolute atomic E-state index is 5.13. The monoisotopic (exact) mass is 253 g/mol. The molecular formula is C14H11N3S. The Kier molecular flexibility index (Phi) is 2.64. The lowest BCUT2D eigenvalue weighted by atomic mass is 10.1. The minimum atomic E-state index is 0.592. The maximum atomic E-state index is 5.13. The highest BCUT2D eigenvalue weighted by Crippen LogP contribution is 2.20. The summed E-state index contributed by atoms with van der Waals surface area (Å²) in [5, 5.41) is 1.11. The number of aromatic amines is 1. The van der Waals surface area contributed by atoms with Crippen LogP contribution in [0.15, 0.2) is 42.6 Å². The summed E-state index contributed by atoms with van der Waals surface area (Å²) in [5.41, 5.74) is 2.96. The fourth-order valence-corrected chi connectivity index (χ4v) is 2.21. The van der Waals surface area contributed by atoms with Gasteiger partial charge in [-0.25, -0.2) is 4.98 Å². The molecule has 18 heavy (non-hydrogen) atoms. The van der Waals surface area contributed by atoms with Gasteiger partial charge in [-0.2, -0.15) is 0 Å². The Balaban J connectivity index is 2.22. The molecule has 0 radical (unpaired) electrons. The van der Waals surface area contributed by atoms with Crippen LogP contribution in [-0.2, 0) is 0 Å². The first-order chi connectivity index (χ1) is 8.72. The lowest BCUT2D eigenvalue weighted by Gasteiger charge is -2.04. The van der Waals surface area contributed by atoms with E-state index in [0.717, 1.165) is 28.0 Å². The third kappa shape index (κ3) is 2.02. The number of rotatable bonds is 1. The van der Waals surface area contributed by atoms with Crippen molar-refractivity contribution < 1.29 is 0 Å². The zero-order chi connectivity index (χ0) is 12.5. The van der Waals surface area contributed by atoms with Crippen LogP contribution in [0.3, 0.4) is 0 Å². The first-order valence-corrected chi connectivity index (χ1v) is 6.06. The molecule has 3 rings (SSSR count). The van der Waals surface area contributed by atoms with Crippen LogP contribution < -0.4 is 0 Å². The van der Waals surface area contributed by atoms with E-state index in [2.05, 4.69) is 27.1 Å². The quantitative estimate of drug-likeness (QED) is 0.673. The highest BCUT2D eigenvalue weighted by Gasteiger charge is 2.02. The number of nitrogens with one attached hydrogen (secondary N) is 1. The van der Waals surface area contributed by atoms with E-state index in [4.69, 9.17) is 12.2 Å². The fourth-order valence-electron chi connectivity index (χ4n) is 1.95. The number of pyridine rings is 1. The normalized spacial score (nSPS) is 10.7. The van der Waals surface area contributed by atoms with E-state index in [0.29, 0.717) is 4.64 Å². The largest absolute Gasteiger partial charge is 0.343 e. The van der Waals surface area contributed by atoms with E-state index < -0.39 is 0 Å². The van der Waals surface area contributed by atoms with Gasteiger partial charge >= 0.3 is 0 Å². The van der Waals surface area contributed by atoms with Crippen LogP contribution in [0, 0.1) is 11.6 Å². The van der Waals surface area contributed by atoms with Gasteiger partial charge in [-0.15, -0.1) is 0 Å². The van der Waals surface area contributed by atoms with Crippen molar-refractivity contribution in [1.29, 1.82) is 0 Å². The summed E-state index contributed by atoms with van der Waals surface area (Å²) in [7, 11) is 0. The van der Waals surface area contributed by atoms with Gasteiger partial charge in [0.15, 0.2) is 0 Å². The molecule has 3 nitrogen and oxygen atoms in total. The summed E-state index contributed by atoms with van der Waals surface area (Å²) >= 11 is 5.13. The van der Waals surface area contributed by atoms with Crippen molar-refractivity contribution in [3.63, 3.8) is 0 Å². The number of para-hydroxylation sites is 1. The molecule has 0 aliphatic carbocycles. The Bertz CT molecular complexity index is 777. The number of aromatic nitrogens is 3. The Morgan fingerprint density at radius 3 is 2.83 bits per heavy atom. The molecule has 0 unspecified atom stereocenters. The molecule has 1 aromatic carbocycles. The molecule has 0 aliphatic rings. The molecule has 0 saturated heterocycles. The number of fused-ring (bicyclic) bond motifs is 1. The van der Waals surface area contributed by atoms with E-state index in [9.17, 15) is 0 Å². The third-order valence-electron chi connectivity index (χ3n) is 2.76. The smallest absolute Gasteiger partial charge is 0.130 e. The molecule has 2 aromatic heterocycles. The average molecular weight is 253 g/mol. The number of aryl methyl sites for hydroxylation is 1. The molecule has 0 amide bonds. The van der Waals surface area contributed by atoms with E-state index in [1.165, 1.54) is 0 Å². The highest BCUT2D eigenvalue weighted by molar-refractivity contribution is 7.71. The molecule has 4 heteroatoms. The van der Waals surface area contributed by atoms with Crippen LogP contribution in [0.2, 0.25) is 0 Å². The Morgan fingerprint density at radius 2 is 2.00 bits per heavy atom. The zero-order valence-corrected chi connectivity index (χ0v) is 10.7.